The molecule has 11 heteroatoms. The molecule has 0 saturated heterocycles. The van der Waals surface area contributed by atoms with Gasteiger partial charge in [0.05, 0.1) is 45.4 Å². The molecule has 10 nitrogen and oxygen atoms in total. The van der Waals surface area contributed by atoms with E-state index < -0.39 is 23.9 Å². The maximum atomic E-state index is 12.6. The zero-order valence-corrected chi connectivity index (χ0v) is 28.2. The van der Waals surface area contributed by atoms with Crippen molar-refractivity contribution in [2.75, 3.05) is 11.5 Å². The van der Waals surface area contributed by atoms with Crippen LogP contribution in [0.25, 0.3) is 21.5 Å². The van der Waals surface area contributed by atoms with Crippen LogP contribution >= 0.6 is 11.8 Å². The Morgan fingerprint density at radius 2 is 0.804 bits per heavy atom. The first-order valence-electron chi connectivity index (χ1n) is 16.0. The van der Waals surface area contributed by atoms with E-state index in [1.165, 1.54) is 0 Å². The van der Waals surface area contributed by atoms with E-state index in [0.29, 0.717) is 33.9 Å². The lowest BCUT2D eigenvalue weighted by atomic mass is 10.1. The van der Waals surface area contributed by atoms with Gasteiger partial charge >= 0.3 is 23.9 Å². The maximum Gasteiger partial charge on any atom is 0.338 e. The molecule has 2 aromatic heterocycles. The molecule has 0 bridgehead atoms. The molecule has 0 aliphatic rings. The van der Waals surface area contributed by atoms with Crippen molar-refractivity contribution in [3.8, 4) is 0 Å². The number of rotatable bonds is 14. The van der Waals surface area contributed by atoms with Crippen molar-refractivity contribution in [2.45, 2.75) is 26.4 Å². The molecule has 0 fully saturated rings. The number of esters is 4. The Morgan fingerprint density at radius 1 is 0.431 bits per heavy atom. The van der Waals surface area contributed by atoms with Gasteiger partial charge in [0.15, 0.2) is 0 Å². The Labute approximate surface area is 297 Å². The van der Waals surface area contributed by atoms with E-state index in [-0.39, 0.29) is 37.9 Å². The fraction of sp³-hybridized carbons (Fsp3) is 0.150. The minimum atomic E-state index is -0.518. The number of pyridine rings is 2. The maximum absolute atomic E-state index is 12.6. The standard InChI is InChI=1S/C40H32N2O8S/c43-37(47-21-33-11-5-13-35(41-33)23-49-39(45)31-17-15-27-7-1-3-9-29(27)19-31)25-51-26-38(44)48-22-34-12-6-14-36(42-34)24-50-40(46)32-18-16-28-8-2-4-10-30(28)20-32/h1-20H,21-26H2. The molecule has 0 spiro atoms. The van der Waals surface area contributed by atoms with E-state index >= 15 is 0 Å². The molecule has 0 saturated carbocycles. The smallest absolute Gasteiger partial charge is 0.338 e. The van der Waals surface area contributed by atoms with E-state index in [2.05, 4.69) is 9.97 Å². The molecule has 6 rings (SSSR count). The second-order valence-corrected chi connectivity index (χ2v) is 12.3. The van der Waals surface area contributed by atoms with Gasteiger partial charge in [-0.1, -0.05) is 72.8 Å². The number of fused-ring (bicyclic) bond motifs is 2. The van der Waals surface area contributed by atoms with Gasteiger partial charge in [0.25, 0.3) is 0 Å². The minimum absolute atomic E-state index is 0.0369. The summed E-state index contributed by atoms with van der Waals surface area (Å²) in [7, 11) is 0. The third kappa shape index (κ3) is 9.99. The number of ether oxygens (including phenoxy) is 4. The van der Waals surface area contributed by atoms with E-state index in [1.54, 1.807) is 60.7 Å². The second kappa shape index (κ2) is 17.0. The van der Waals surface area contributed by atoms with Gasteiger partial charge in [0.2, 0.25) is 0 Å². The summed E-state index contributed by atoms with van der Waals surface area (Å²) in [6.45, 7) is -0.221. The normalized spacial score (nSPS) is 10.8. The van der Waals surface area contributed by atoms with E-state index in [4.69, 9.17) is 18.9 Å². The third-order valence-electron chi connectivity index (χ3n) is 7.60. The van der Waals surface area contributed by atoms with Crippen molar-refractivity contribution >= 4 is 57.2 Å². The highest BCUT2D eigenvalue weighted by Crippen LogP contribution is 2.18. The number of benzene rings is 4. The van der Waals surface area contributed by atoms with Crippen LogP contribution < -0.4 is 0 Å². The average molecular weight is 701 g/mol. The van der Waals surface area contributed by atoms with E-state index in [0.717, 1.165) is 33.3 Å². The van der Waals surface area contributed by atoms with Crippen LogP contribution in [0.5, 0.6) is 0 Å². The zero-order valence-electron chi connectivity index (χ0n) is 27.4. The molecule has 6 aromatic rings. The third-order valence-corrected chi connectivity index (χ3v) is 8.48. The summed E-state index contributed by atoms with van der Waals surface area (Å²) in [6.07, 6.45) is 0. The molecule has 51 heavy (non-hydrogen) atoms. The van der Waals surface area contributed by atoms with Crippen molar-refractivity contribution in [3.05, 3.63) is 155 Å². The molecule has 4 aromatic carbocycles. The quantitative estimate of drug-likeness (QED) is 0.0858. The summed E-state index contributed by atoms with van der Waals surface area (Å²) in [5, 5.41) is 3.95. The Bertz CT molecular complexity index is 2050. The number of carbonyl (C=O) groups is 4. The number of carbonyl (C=O) groups excluding carboxylic acids is 4. The van der Waals surface area contributed by atoms with Gasteiger partial charge in [-0.2, -0.15) is 0 Å². The summed E-state index contributed by atoms with van der Waals surface area (Å²) in [6, 6.07) is 36.5. The van der Waals surface area contributed by atoms with Crippen LogP contribution in [0, 0.1) is 0 Å². The molecular formula is C40H32N2O8S. The average Bonchev–Trinajstić information content (AvgIpc) is 3.17. The highest BCUT2D eigenvalue weighted by Gasteiger charge is 2.13. The molecule has 256 valence electrons. The summed E-state index contributed by atoms with van der Waals surface area (Å²) >= 11 is 1.06. The molecule has 2 heterocycles. The van der Waals surface area contributed by atoms with Gasteiger partial charge in [-0.15, -0.1) is 11.8 Å². The fourth-order valence-electron chi connectivity index (χ4n) is 5.07. The summed E-state index contributed by atoms with van der Waals surface area (Å²) in [4.78, 5) is 58.5. The molecule has 0 aliphatic carbocycles. The first kappa shape index (κ1) is 34.8. The Morgan fingerprint density at radius 3 is 1.22 bits per heavy atom. The van der Waals surface area contributed by atoms with E-state index in [1.807, 2.05) is 60.7 Å². The Kier molecular flexibility index (Phi) is 11.6. The molecule has 0 aliphatic heterocycles. The lowest BCUT2D eigenvalue weighted by Crippen LogP contribution is -2.13. The predicted molar refractivity (Wildman–Crippen MR) is 192 cm³/mol. The largest absolute Gasteiger partial charge is 0.459 e. The molecule has 0 atom stereocenters. The molecule has 0 unspecified atom stereocenters. The molecular weight excluding hydrogens is 669 g/mol. The van der Waals surface area contributed by atoms with Gasteiger partial charge < -0.3 is 18.9 Å². The first-order valence-corrected chi connectivity index (χ1v) is 17.2. The van der Waals surface area contributed by atoms with Crippen molar-refractivity contribution < 1.29 is 38.1 Å². The van der Waals surface area contributed by atoms with Crippen LogP contribution in [0.1, 0.15) is 43.5 Å². The molecule has 0 N–H and O–H groups in total. The number of thioether (sulfide) groups is 1. The Balaban J connectivity index is 0.872. The van der Waals surface area contributed by atoms with Crippen molar-refractivity contribution in [2.24, 2.45) is 0 Å². The summed E-state index contributed by atoms with van der Waals surface area (Å²) in [5.41, 5.74) is 2.89. The lowest BCUT2D eigenvalue weighted by molar-refractivity contribution is -0.142. The van der Waals surface area contributed by atoms with Gasteiger partial charge in [-0.3, -0.25) is 19.6 Å². The monoisotopic (exact) mass is 700 g/mol. The van der Waals surface area contributed by atoms with Crippen molar-refractivity contribution in [1.29, 1.82) is 0 Å². The van der Waals surface area contributed by atoms with E-state index in [9.17, 15) is 19.2 Å². The lowest BCUT2D eigenvalue weighted by Gasteiger charge is -2.09. The number of aromatic nitrogens is 2. The SMILES string of the molecule is O=C(CSCC(=O)OCc1cccc(COC(=O)c2ccc3ccccc3c2)n1)OCc1cccc(COC(=O)c2ccc3ccccc3c2)n1. The van der Waals surface area contributed by atoms with Crippen molar-refractivity contribution in [1.82, 2.24) is 9.97 Å². The number of hydrogen-bond donors (Lipinski definition) is 0. The van der Waals surface area contributed by atoms with Gasteiger partial charge in [0, 0.05) is 0 Å². The topological polar surface area (TPSA) is 131 Å². The number of nitrogens with zero attached hydrogens (tertiary/aromatic N) is 2. The van der Waals surface area contributed by atoms with Crippen LogP contribution in [0.15, 0.2) is 121 Å². The van der Waals surface area contributed by atoms with Crippen LogP contribution in [-0.2, 0) is 55.0 Å². The first-order chi connectivity index (χ1) is 24.9. The Hall–Kier alpha value is -6.07. The summed E-state index contributed by atoms with van der Waals surface area (Å²) in [5.74, 6) is -2.08. The molecule has 0 amide bonds. The fourth-order valence-corrected chi connectivity index (χ4v) is 5.67. The van der Waals surface area contributed by atoms with Crippen LogP contribution in [-0.4, -0.2) is 45.4 Å². The molecule has 0 radical (unpaired) electrons. The van der Waals surface area contributed by atoms with Crippen LogP contribution in [0.4, 0.5) is 0 Å². The van der Waals surface area contributed by atoms with Crippen LogP contribution in [0.3, 0.4) is 0 Å². The highest BCUT2D eigenvalue weighted by molar-refractivity contribution is 8.00. The predicted octanol–water partition coefficient (Wildman–Crippen LogP) is 7.02. The van der Waals surface area contributed by atoms with Gasteiger partial charge in [0.1, 0.15) is 26.4 Å². The highest BCUT2D eigenvalue weighted by atomic mass is 32.2. The second-order valence-electron chi connectivity index (χ2n) is 11.3. The zero-order chi connectivity index (χ0) is 35.4. The van der Waals surface area contributed by atoms with Gasteiger partial charge in [-0.05, 0) is 70.1 Å². The minimum Gasteiger partial charge on any atom is -0.459 e. The van der Waals surface area contributed by atoms with Gasteiger partial charge in [-0.25, -0.2) is 9.59 Å². The number of hydrogen-bond acceptors (Lipinski definition) is 11. The van der Waals surface area contributed by atoms with Crippen molar-refractivity contribution in [3.63, 3.8) is 0 Å². The summed E-state index contributed by atoms with van der Waals surface area (Å²) < 4.78 is 21.5. The van der Waals surface area contributed by atoms with Crippen LogP contribution in [0.2, 0.25) is 0 Å².